The van der Waals surface area contributed by atoms with Crippen LogP contribution in [0.5, 0.6) is 0 Å². The van der Waals surface area contributed by atoms with Crippen molar-refractivity contribution in [3.05, 3.63) is 0 Å². The second-order valence-corrected chi connectivity index (χ2v) is 3.31. The lowest BCUT2D eigenvalue weighted by Crippen LogP contribution is -2.27. The van der Waals surface area contributed by atoms with Crippen LogP contribution < -0.4 is 4.72 Å². The molecule has 0 rings (SSSR count). The maximum atomic E-state index is 10.5. The molecule has 0 amide bonds. The van der Waals surface area contributed by atoms with E-state index in [4.69, 9.17) is 10.2 Å². The van der Waals surface area contributed by atoms with Gasteiger partial charge in [-0.15, -0.1) is 0 Å². The maximum absolute atomic E-state index is 10.5. The highest BCUT2D eigenvalue weighted by Crippen LogP contribution is 1.86. The molecule has 0 radical (unpaired) electrons. The fraction of sp³-hybridized carbons (Fsp3) is 1.00. The molecule has 0 aromatic heterocycles. The predicted molar refractivity (Wildman–Crippen MR) is 36.8 cm³/mol. The minimum Gasteiger partial charge on any atom is -0.368 e. The van der Waals surface area contributed by atoms with Crippen LogP contribution in [-0.2, 0) is 14.5 Å². The summed E-state index contributed by atoms with van der Waals surface area (Å²) in [6, 6.07) is 0. The van der Waals surface area contributed by atoms with Gasteiger partial charge in [0.15, 0.2) is 6.29 Å². The molecule has 0 atom stereocenters. The minimum atomic E-state index is -3.69. The van der Waals surface area contributed by atoms with E-state index < -0.39 is 16.6 Å². The zero-order valence-corrected chi connectivity index (χ0v) is 6.84. The van der Waals surface area contributed by atoms with Crippen LogP contribution in [0.2, 0.25) is 0 Å². The van der Waals surface area contributed by atoms with Crippen molar-refractivity contribution in [2.24, 2.45) is 0 Å². The van der Waals surface area contributed by atoms with E-state index in [0.29, 0.717) is 0 Å². The molecule has 0 fully saturated rings. The van der Waals surface area contributed by atoms with Crippen molar-refractivity contribution in [1.29, 1.82) is 0 Å². The molecule has 0 aliphatic heterocycles. The van der Waals surface area contributed by atoms with Crippen molar-refractivity contribution >= 4 is 10.3 Å². The quantitative estimate of drug-likeness (QED) is 0.438. The second-order valence-electron chi connectivity index (χ2n) is 1.78. The third-order valence-electron chi connectivity index (χ3n) is 0.901. The van der Waals surface area contributed by atoms with Crippen LogP contribution in [0.15, 0.2) is 0 Å². The molecule has 0 aliphatic carbocycles. The summed E-state index contributed by atoms with van der Waals surface area (Å²) >= 11 is 0. The summed E-state index contributed by atoms with van der Waals surface area (Å²) in [5, 5.41) is 16.6. The Morgan fingerprint density at radius 2 is 2.09 bits per heavy atom. The summed E-state index contributed by atoms with van der Waals surface area (Å²) in [6.45, 7) is -0.0617. The zero-order valence-electron chi connectivity index (χ0n) is 6.02. The molecule has 11 heavy (non-hydrogen) atoms. The van der Waals surface area contributed by atoms with Gasteiger partial charge < -0.3 is 10.2 Å². The van der Waals surface area contributed by atoms with Crippen LogP contribution in [0, 0.1) is 0 Å². The fourth-order valence-electron chi connectivity index (χ4n) is 0.372. The third-order valence-corrected chi connectivity index (χ3v) is 1.90. The van der Waals surface area contributed by atoms with Gasteiger partial charge in [0.25, 0.3) is 0 Å². The number of hydrogen-bond donors (Lipinski definition) is 3. The van der Waals surface area contributed by atoms with E-state index in [1.165, 1.54) is 0 Å². The highest BCUT2D eigenvalue weighted by molar-refractivity contribution is 7.84. The zero-order chi connectivity index (χ0) is 8.91. The Bertz CT molecular complexity index is 187. The van der Waals surface area contributed by atoms with E-state index in [0.717, 1.165) is 7.11 Å². The van der Waals surface area contributed by atoms with Gasteiger partial charge in [0.05, 0.1) is 7.11 Å². The average Bonchev–Trinajstić information content (AvgIpc) is 1.87. The molecule has 0 saturated carbocycles. The molecule has 0 unspecified atom stereocenters. The van der Waals surface area contributed by atoms with Crippen molar-refractivity contribution in [2.45, 2.75) is 12.7 Å². The molecule has 0 bridgehead atoms. The molecule has 0 saturated heterocycles. The van der Waals surface area contributed by atoms with E-state index in [-0.39, 0.29) is 13.0 Å². The third kappa shape index (κ3) is 6.20. The van der Waals surface area contributed by atoms with Crippen molar-refractivity contribution < 1.29 is 22.8 Å². The summed E-state index contributed by atoms with van der Waals surface area (Å²) in [6.07, 6.45) is -1.57. The van der Waals surface area contributed by atoms with Crippen molar-refractivity contribution in [3.8, 4) is 0 Å². The predicted octanol–water partition coefficient (Wildman–Crippen LogP) is -1.83. The van der Waals surface area contributed by atoms with Gasteiger partial charge in [-0.2, -0.15) is 13.1 Å². The first-order valence-corrected chi connectivity index (χ1v) is 4.30. The normalized spacial score (nSPS) is 12.4. The Kier molecular flexibility index (Phi) is 4.54. The molecule has 0 aromatic rings. The van der Waals surface area contributed by atoms with Gasteiger partial charge in [0.1, 0.15) is 0 Å². The summed E-state index contributed by atoms with van der Waals surface area (Å²) < 4.78 is 27.0. The van der Waals surface area contributed by atoms with Gasteiger partial charge in [-0.25, -0.2) is 0 Å². The van der Waals surface area contributed by atoms with Crippen molar-refractivity contribution in [1.82, 2.24) is 4.72 Å². The Balaban J connectivity index is 3.55. The summed E-state index contributed by atoms with van der Waals surface area (Å²) in [4.78, 5) is 0. The van der Waals surface area contributed by atoms with Crippen molar-refractivity contribution in [2.75, 3.05) is 13.7 Å². The Labute approximate surface area is 65.1 Å². The van der Waals surface area contributed by atoms with E-state index >= 15 is 0 Å². The van der Waals surface area contributed by atoms with Crippen LogP contribution in [0.25, 0.3) is 0 Å². The van der Waals surface area contributed by atoms with Crippen LogP contribution in [0.1, 0.15) is 6.42 Å². The summed E-state index contributed by atoms with van der Waals surface area (Å²) in [5.41, 5.74) is 0. The lowest BCUT2D eigenvalue weighted by molar-refractivity contribution is -0.0436. The fourth-order valence-corrected chi connectivity index (χ4v) is 0.858. The highest BCUT2D eigenvalue weighted by atomic mass is 32.2. The van der Waals surface area contributed by atoms with Crippen LogP contribution >= 0.6 is 0 Å². The monoisotopic (exact) mass is 185 g/mol. The number of hydrogen-bond acceptors (Lipinski definition) is 5. The van der Waals surface area contributed by atoms with Crippen molar-refractivity contribution in [3.63, 3.8) is 0 Å². The molecule has 0 aromatic carbocycles. The SMILES string of the molecule is COS(=O)(=O)NCCC(O)O. The van der Waals surface area contributed by atoms with Gasteiger partial charge in [-0.05, 0) is 0 Å². The van der Waals surface area contributed by atoms with Gasteiger partial charge in [0, 0.05) is 13.0 Å². The van der Waals surface area contributed by atoms with E-state index in [2.05, 4.69) is 4.18 Å². The lowest BCUT2D eigenvalue weighted by atomic mass is 10.4. The van der Waals surface area contributed by atoms with Crippen LogP contribution in [-0.4, -0.2) is 38.6 Å². The molecular weight excluding hydrogens is 174 g/mol. The van der Waals surface area contributed by atoms with E-state index in [9.17, 15) is 8.42 Å². The van der Waals surface area contributed by atoms with E-state index in [1.807, 2.05) is 4.72 Å². The number of rotatable bonds is 5. The summed E-state index contributed by atoms with van der Waals surface area (Å²) in [5.74, 6) is 0. The van der Waals surface area contributed by atoms with Gasteiger partial charge in [-0.3, -0.25) is 4.18 Å². The number of aliphatic hydroxyl groups excluding tert-OH is 1. The topological polar surface area (TPSA) is 95.9 Å². The number of nitrogens with one attached hydrogen (secondary N) is 1. The first-order valence-electron chi connectivity index (χ1n) is 2.89. The Hall–Kier alpha value is -0.210. The van der Waals surface area contributed by atoms with Gasteiger partial charge in [-0.1, -0.05) is 0 Å². The highest BCUT2D eigenvalue weighted by Gasteiger charge is 2.06. The smallest absolute Gasteiger partial charge is 0.335 e. The Morgan fingerprint density at radius 3 is 2.45 bits per heavy atom. The number of aliphatic hydroxyl groups is 2. The van der Waals surface area contributed by atoms with Gasteiger partial charge >= 0.3 is 10.3 Å². The van der Waals surface area contributed by atoms with Crippen LogP contribution in [0.3, 0.4) is 0 Å². The van der Waals surface area contributed by atoms with Crippen LogP contribution in [0.4, 0.5) is 0 Å². The van der Waals surface area contributed by atoms with E-state index in [1.54, 1.807) is 0 Å². The summed E-state index contributed by atoms with van der Waals surface area (Å²) in [7, 11) is -2.68. The largest absolute Gasteiger partial charge is 0.368 e. The maximum Gasteiger partial charge on any atom is 0.335 e. The first-order chi connectivity index (χ1) is 4.98. The molecule has 7 heteroatoms. The average molecular weight is 185 g/mol. The Morgan fingerprint density at radius 1 is 1.55 bits per heavy atom. The molecule has 0 aliphatic rings. The minimum absolute atomic E-state index is 0.0617. The molecule has 68 valence electrons. The molecule has 0 heterocycles. The second kappa shape index (κ2) is 4.62. The molecule has 0 spiro atoms. The van der Waals surface area contributed by atoms with Gasteiger partial charge in [0.2, 0.25) is 0 Å². The lowest BCUT2D eigenvalue weighted by Gasteiger charge is -2.04. The molecular formula is C4H11NO5S. The first kappa shape index (κ1) is 10.8. The standard InChI is InChI=1S/C4H11NO5S/c1-10-11(8,9)5-3-2-4(6)7/h4-7H,2-3H2,1H3. The molecule has 3 N–H and O–H groups in total. The molecule has 6 nitrogen and oxygen atoms in total.